The molecule has 0 N–H and O–H groups in total. The molecule has 1 fully saturated rings. The second-order valence-corrected chi connectivity index (χ2v) is 8.99. The quantitative estimate of drug-likeness (QED) is 0.778. The smallest absolute Gasteiger partial charge is 0.232 e. The van der Waals surface area contributed by atoms with E-state index in [0.29, 0.717) is 12.4 Å². The zero-order chi connectivity index (χ0) is 17.5. The van der Waals surface area contributed by atoms with Crippen LogP contribution in [0.5, 0.6) is 0 Å². The van der Waals surface area contributed by atoms with Gasteiger partial charge >= 0.3 is 0 Å². The molecule has 3 rings (SSSR count). The molecule has 2 heterocycles. The Kier molecular flexibility index (Phi) is 4.40. The van der Waals surface area contributed by atoms with Crippen molar-refractivity contribution in [2.45, 2.75) is 20.3 Å². The Morgan fingerprint density at radius 3 is 2.54 bits per heavy atom. The van der Waals surface area contributed by atoms with Gasteiger partial charge in [0.25, 0.3) is 0 Å². The number of halogens is 1. The Morgan fingerprint density at radius 2 is 1.92 bits per heavy atom. The lowest BCUT2D eigenvalue weighted by atomic mass is 10.1. The van der Waals surface area contributed by atoms with E-state index < -0.39 is 9.05 Å². The Balaban J connectivity index is 1.93. The number of amides is 1. The molecule has 128 valence electrons. The molecule has 8 heteroatoms. The molecule has 24 heavy (non-hydrogen) atoms. The number of hydrogen-bond donors (Lipinski definition) is 0. The Hall–Kier alpha value is -1.86. The van der Waals surface area contributed by atoms with Crippen LogP contribution in [0.25, 0.3) is 5.69 Å². The summed E-state index contributed by atoms with van der Waals surface area (Å²) in [6.45, 7) is 4.18. The van der Waals surface area contributed by atoms with E-state index in [-0.39, 0.29) is 24.0 Å². The number of nitrogens with zero attached hydrogens (tertiary/aromatic N) is 3. The van der Waals surface area contributed by atoms with Crippen molar-refractivity contribution in [3.8, 4) is 5.69 Å². The predicted octanol–water partition coefficient (Wildman–Crippen LogP) is 2.41. The molecule has 1 aromatic carbocycles. The van der Waals surface area contributed by atoms with Gasteiger partial charge in [-0.1, -0.05) is 17.7 Å². The fraction of sp³-hybridized carbons (Fsp3) is 0.375. The van der Waals surface area contributed by atoms with Gasteiger partial charge in [0.05, 0.1) is 17.1 Å². The highest BCUT2D eigenvalue weighted by atomic mass is 35.7. The van der Waals surface area contributed by atoms with Gasteiger partial charge < -0.3 is 0 Å². The fourth-order valence-electron chi connectivity index (χ4n) is 2.95. The molecular formula is C16H18ClN3O3S. The summed E-state index contributed by atoms with van der Waals surface area (Å²) < 4.78 is 24.3. The van der Waals surface area contributed by atoms with Crippen molar-refractivity contribution in [2.24, 2.45) is 5.92 Å². The number of rotatable bonds is 4. The molecule has 0 saturated carbocycles. The van der Waals surface area contributed by atoms with Crippen LogP contribution in [0, 0.1) is 19.8 Å². The highest BCUT2D eigenvalue weighted by molar-refractivity contribution is 8.13. The number of anilines is 1. The number of aryl methyl sites for hydroxylation is 2. The first-order valence-corrected chi connectivity index (χ1v) is 10.1. The summed E-state index contributed by atoms with van der Waals surface area (Å²) in [5.41, 5.74) is 2.77. The van der Waals surface area contributed by atoms with E-state index in [9.17, 15) is 13.2 Å². The standard InChI is InChI=1S/C16H18ClN3O3S/c1-11-3-5-14(6-4-11)20-15(7-12(2)18-20)19-9-13(8-16(19)21)10-24(17,22)23/h3-7,13H,8-10H2,1-2H3. The van der Waals surface area contributed by atoms with Crippen molar-refractivity contribution in [3.63, 3.8) is 0 Å². The van der Waals surface area contributed by atoms with Gasteiger partial charge in [0.2, 0.25) is 15.0 Å². The number of carbonyl (C=O) groups excluding carboxylic acids is 1. The largest absolute Gasteiger partial charge is 0.296 e. The fourth-order valence-corrected chi connectivity index (χ4v) is 4.27. The molecule has 1 aliphatic rings. The van der Waals surface area contributed by atoms with Crippen LogP contribution in [0.15, 0.2) is 30.3 Å². The monoisotopic (exact) mass is 367 g/mol. The minimum absolute atomic E-state index is 0.117. The average Bonchev–Trinajstić information content (AvgIpc) is 3.01. The molecule has 0 radical (unpaired) electrons. The van der Waals surface area contributed by atoms with Gasteiger partial charge in [-0.3, -0.25) is 9.69 Å². The van der Waals surface area contributed by atoms with Crippen molar-refractivity contribution in [2.75, 3.05) is 17.2 Å². The van der Waals surface area contributed by atoms with Crippen LogP contribution in [-0.4, -0.2) is 36.4 Å². The van der Waals surface area contributed by atoms with Gasteiger partial charge in [-0.15, -0.1) is 0 Å². The SMILES string of the molecule is Cc1ccc(-n2nc(C)cc2N2CC(CS(=O)(=O)Cl)CC2=O)cc1. The molecule has 0 bridgehead atoms. The molecule has 6 nitrogen and oxygen atoms in total. The van der Waals surface area contributed by atoms with E-state index in [1.807, 2.05) is 44.2 Å². The summed E-state index contributed by atoms with van der Waals surface area (Å²) in [6, 6.07) is 9.66. The van der Waals surface area contributed by atoms with Crippen LogP contribution in [0.4, 0.5) is 5.82 Å². The van der Waals surface area contributed by atoms with Crippen LogP contribution in [0.2, 0.25) is 0 Å². The van der Waals surface area contributed by atoms with E-state index in [1.165, 1.54) is 0 Å². The Bertz CT molecular complexity index is 874. The molecule has 0 aliphatic carbocycles. The van der Waals surface area contributed by atoms with Crippen molar-refractivity contribution in [1.29, 1.82) is 0 Å². The van der Waals surface area contributed by atoms with E-state index in [4.69, 9.17) is 10.7 Å². The molecule has 1 aromatic heterocycles. The normalized spacial score (nSPS) is 18.4. The Labute approximate surface area is 145 Å². The lowest BCUT2D eigenvalue weighted by molar-refractivity contribution is -0.117. The lowest BCUT2D eigenvalue weighted by Gasteiger charge is -2.18. The van der Waals surface area contributed by atoms with Gasteiger partial charge in [0.15, 0.2) is 0 Å². The van der Waals surface area contributed by atoms with Crippen molar-refractivity contribution in [3.05, 3.63) is 41.6 Å². The van der Waals surface area contributed by atoms with Gasteiger partial charge in [-0.05, 0) is 26.0 Å². The molecule has 2 aromatic rings. The maximum absolute atomic E-state index is 12.4. The minimum Gasteiger partial charge on any atom is -0.296 e. The van der Waals surface area contributed by atoms with E-state index in [2.05, 4.69) is 5.10 Å². The maximum atomic E-state index is 12.4. The average molecular weight is 368 g/mol. The van der Waals surface area contributed by atoms with E-state index in [1.54, 1.807) is 9.58 Å². The van der Waals surface area contributed by atoms with Crippen LogP contribution < -0.4 is 4.90 Å². The first-order chi connectivity index (χ1) is 11.2. The highest BCUT2D eigenvalue weighted by Crippen LogP contribution is 2.29. The van der Waals surface area contributed by atoms with Crippen LogP contribution >= 0.6 is 10.7 Å². The summed E-state index contributed by atoms with van der Waals surface area (Å²) in [5, 5.41) is 4.47. The molecule has 1 amide bonds. The van der Waals surface area contributed by atoms with Crippen LogP contribution in [-0.2, 0) is 13.8 Å². The zero-order valence-corrected chi connectivity index (χ0v) is 15.0. The van der Waals surface area contributed by atoms with Gasteiger partial charge in [-0.2, -0.15) is 5.10 Å². The summed E-state index contributed by atoms with van der Waals surface area (Å²) in [7, 11) is 1.70. The van der Waals surface area contributed by atoms with Crippen molar-refractivity contribution in [1.82, 2.24) is 9.78 Å². The minimum atomic E-state index is -3.63. The van der Waals surface area contributed by atoms with Crippen LogP contribution in [0.1, 0.15) is 17.7 Å². The van der Waals surface area contributed by atoms with Crippen LogP contribution in [0.3, 0.4) is 0 Å². The predicted molar refractivity (Wildman–Crippen MR) is 93.1 cm³/mol. The second-order valence-electron chi connectivity index (χ2n) is 6.17. The number of benzene rings is 1. The summed E-state index contributed by atoms with van der Waals surface area (Å²) >= 11 is 0. The molecule has 1 aliphatic heterocycles. The summed E-state index contributed by atoms with van der Waals surface area (Å²) in [4.78, 5) is 14.0. The van der Waals surface area contributed by atoms with Gasteiger partial charge in [-0.25, -0.2) is 13.1 Å². The highest BCUT2D eigenvalue weighted by Gasteiger charge is 2.35. The Morgan fingerprint density at radius 1 is 1.25 bits per heavy atom. The first kappa shape index (κ1) is 17.0. The number of aromatic nitrogens is 2. The van der Waals surface area contributed by atoms with Crippen molar-refractivity contribution < 1.29 is 13.2 Å². The third-order valence-corrected chi connectivity index (χ3v) is 5.26. The summed E-state index contributed by atoms with van der Waals surface area (Å²) in [6.07, 6.45) is 0.171. The number of carbonyl (C=O) groups is 1. The second kappa shape index (κ2) is 6.22. The van der Waals surface area contributed by atoms with E-state index >= 15 is 0 Å². The van der Waals surface area contributed by atoms with Crippen molar-refractivity contribution >= 4 is 31.5 Å². The first-order valence-electron chi connectivity index (χ1n) is 7.59. The molecule has 1 saturated heterocycles. The van der Waals surface area contributed by atoms with Gasteiger partial charge in [0.1, 0.15) is 5.82 Å². The van der Waals surface area contributed by atoms with E-state index in [0.717, 1.165) is 16.9 Å². The third kappa shape index (κ3) is 3.62. The maximum Gasteiger partial charge on any atom is 0.232 e. The molecule has 1 unspecified atom stereocenters. The molecule has 1 atom stereocenters. The topological polar surface area (TPSA) is 72.3 Å². The summed E-state index contributed by atoms with van der Waals surface area (Å²) in [5.74, 6) is 0.0279. The number of hydrogen-bond acceptors (Lipinski definition) is 4. The zero-order valence-electron chi connectivity index (χ0n) is 13.4. The van der Waals surface area contributed by atoms with Gasteiger partial charge in [0, 0.05) is 35.6 Å². The molecular weight excluding hydrogens is 350 g/mol. The lowest BCUT2D eigenvalue weighted by Crippen LogP contribution is -2.27. The molecule has 0 spiro atoms. The third-order valence-electron chi connectivity index (χ3n) is 4.01.